The maximum Gasteiger partial charge on any atom is 0.312 e. The Morgan fingerprint density at radius 3 is 2.55 bits per heavy atom. The minimum Gasteiger partial charge on any atom is -0.466 e. The lowest BCUT2D eigenvalue weighted by atomic mass is 10.2. The zero-order valence-corrected chi connectivity index (χ0v) is 14.2. The molecule has 0 spiro atoms. The fraction of sp³-hybridized carbons (Fsp3) is 0.529. The summed E-state index contributed by atoms with van der Waals surface area (Å²) >= 11 is 5.45. The van der Waals surface area contributed by atoms with Crippen LogP contribution in [0.5, 0.6) is 0 Å². The van der Waals surface area contributed by atoms with Gasteiger partial charge in [0.05, 0.1) is 18.0 Å². The first-order valence-corrected chi connectivity index (χ1v) is 8.09. The highest BCUT2D eigenvalue weighted by molar-refractivity contribution is 7.80. The van der Waals surface area contributed by atoms with Crippen molar-refractivity contribution < 1.29 is 14.3 Å². The Morgan fingerprint density at radius 1 is 1.18 bits per heavy atom. The summed E-state index contributed by atoms with van der Waals surface area (Å²) in [4.78, 5) is 14.3. The Morgan fingerprint density at radius 2 is 1.91 bits per heavy atom. The molecule has 0 saturated heterocycles. The van der Waals surface area contributed by atoms with Gasteiger partial charge in [0.15, 0.2) is 0 Å². The highest BCUT2D eigenvalue weighted by Crippen LogP contribution is 2.17. The van der Waals surface area contributed by atoms with E-state index in [9.17, 15) is 4.79 Å². The van der Waals surface area contributed by atoms with E-state index in [1.807, 2.05) is 35.2 Å². The fourth-order valence-electron chi connectivity index (χ4n) is 2.13. The van der Waals surface area contributed by atoms with E-state index in [1.54, 1.807) is 14.0 Å². The number of rotatable bonds is 10. The molecular formula is C17H25NO3S. The summed E-state index contributed by atoms with van der Waals surface area (Å²) in [6, 6.07) is 9.92. The Kier molecular flexibility index (Phi) is 9.42. The molecule has 22 heavy (non-hydrogen) atoms. The van der Waals surface area contributed by atoms with Crippen LogP contribution < -0.4 is 4.90 Å². The van der Waals surface area contributed by atoms with Crippen molar-refractivity contribution in [1.82, 2.24) is 0 Å². The standard InChI is InChI=1S/C17H25NO3S/c1-3-21-17(19)14-16(22)18(12-8-5-9-13-20-2)15-10-6-4-7-11-15/h4,6-7,10-11H,3,5,8-9,12-14H2,1-2H3. The summed E-state index contributed by atoms with van der Waals surface area (Å²) in [7, 11) is 1.71. The topological polar surface area (TPSA) is 38.8 Å². The van der Waals surface area contributed by atoms with Crippen LogP contribution in [0.25, 0.3) is 0 Å². The molecule has 0 bridgehead atoms. The average Bonchev–Trinajstić information content (AvgIpc) is 2.51. The third kappa shape index (κ3) is 7.00. The Hall–Kier alpha value is -1.46. The van der Waals surface area contributed by atoms with Gasteiger partial charge in [-0.1, -0.05) is 30.4 Å². The number of methoxy groups -OCH3 is 1. The lowest BCUT2D eigenvalue weighted by molar-refractivity contribution is -0.141. The first kappa shape index (κ1) is 18.6. The van der Waals surface area contributed by atoms with Crippen LogP contribution in [-0.2, 0) is 14.3 Å². The van der Waals surface area contributed by atoms with E-state index >= 15 is 0 Å². The number of thiocarbonyl (C=S) groups is 1. The molecule has 5 heteroatoms. The highest BCUT2D eigenvalue weighted by atomic mass is 32.1. The number of hydrogen-bond donors (Lipinski definition) is 0. The summed E-state index contributed by atoms with van der Waals surface area (Å²) in [6.07, 6.45) is 3.25. The van der Waals surface area contributed by atoms with Crippen LogP contribution in [0.15, 0.2) is 30.3 Å². The number of anilines is 1. The number of nitrogens with zero attached hydrogens (tertiary/aromatic N) is 1. The number of ether oxygens (including phenoxy) is 2. The van der Waals surface area contributed by atoms with Crippen LogP contribution in [-0.4, -0.2) is 37.8 Å². The lowest BCUT2D eigenvalue weighted by Crippen LogP contribution is -2.32. The van der Waals surface area contributed by atoms with Crippen molar-refractivity contribution in [2.24, 2.45) is 0 Å². The highest BCUT2D eigenvalue weighted by Gasteiger charge is 2.15. The molecule has 4 nitrogen and oxygen atoms in total. The van der Waals surface area contributed by atoms with Gasteiger partial charge in [-0.3, -0.25) is 4.79 Å². The molecule has 0 aliphatic rings. The van der Waals surface area contributed by atoms with Crippen LogP contribution >= 0.6 is 12.2 Å². The van der Waals surface area contributed by atoms with E-state index in [0.29, 0.717) is 11.6 Å². The van der Waals surface area contributed by atoms with Crippen LogP contribution in [0.2, 0.25) is 0 Å². The largest absolute Gasteiger partial charge is 0.466 e. The van der Waals surface area contributed by atoms with E-state index in [0.717, 1.165) is 38.1 Å². The average molecular weight is 323 g/mol. The Balaban J connectivity index is 2.62. The van der Waals surface area contributed by atoms with Gasteiger partial charge in [0.25, 0.3) is 0 Å². The zero-order chi connectivity index (χ0) is 16.2. The maximum absolute atomic E-state index is 11.7. The van der Waals surface area contributed by atoms with Gasteiger partial charge in [0, 0.05) is 25.9 Å². The number of carbonyl (C=O) groups excluding carboxylic acids is 1. The van der Waals surface area contributed by atoms with E-state index in [2.05, 4.69) is 0 Å². The molecule has 0 amide bonds. The second-order valence-electron chi connectivity index (χ2n) is 4.92. The summed E-state index contributed by atoms with van der Waals surface area (Å²) in [5.74, 6) is -0.271. The van der Waals surface area contributed by atoms with Crippen LogP contribution in [0.4, 0.5) is 5.69 Å². The number of benzene rings is 1. The molecular weight excluding hydrogens is 298 g/mol. The third-order valence-electron chi connectivity index (χ3n) is 3.20. The number of hydrogen-bond acceptors (Lipinski definition) is 4. The van der Waals surface area contributed by atoms with Gasteiger partial charge in [-0.05, 0) is 38.3 Å². The van der Waals surface area contributed by atoms with Crippen molar-refractivity contribution >= 4 is 28.9 Å². The first-order valence-electron chi connectivity index (χ1n) is 7.69. The van der Waals surface area contributed by atoms with Gasteiger partial charge >= 0.3 is 5.97 Å². The van der Waals surface area contributed by atoms with Crippen LogP contribution in [0.1, 0.15) is 32.6 Å². The van der Waals surface area contributed by atoms with Crippen molar-refractivity contribution in [2.75, 3.05) is 31.8 Å². The summed E-state index contributed by atoms with van der Waals surface area (Å²) in [5, 5.41) is 0. The minimum absolute atomic E-state index is 0.149. The molecule has 0 saturated carbocycles. The molecule has 0 radical (unpaired) electrons. The van der Waals surface area contributed by atoms with Gasteiger partial charge in [-0.25, -0.2) is 0 Å². The van der Waals surface area contributed by atoms with Crippen molar-refractivity contribution in [1.29, 1.82) is 0 Å². The number of carbonyl (C=O) groups is 1. The van der Waals surface area contributed by atoms with Crippen LogP contribution in [0, 0.1) is 0 Å². The van der Waals surface area contributed by atoms with Crippen LogP contribution in [0.3, 0.4) is 0 Å². The SMILES string of the molecule is CCOC(=O)CC(=S)N(CCCCCOC)c1ccccc1. The summed E-state index contributed by atoms with van der Waals surface area (Å²) in [6.45, 7) is 3.75. The Labute approximate surface area is 138 Å². The molecule has 0 aliphatic heterocycles. The van der Waals surface area contributed by atoms with E-state index < -0.39 is 0 Å². The second-order valence-corrected chi connectivity index (χ2v) is 5.39. The molecule has 0 heterocycles. The molecule has 1 rings (SSSR count). The van der Waals surface area contributed by atoms with Crippen molar-refractivity contribution in [3.8, 4) is 0 Å². The van der Waals surface area contributed by atoms with E-state index in [1.165, 1.54) is 0 Å². The second kappa shape index (κ2) is 11.2. The normalized spacial score (nSPS) is 10.3. The number of unbranched alkanes of at least 4 members (excludes halogenated alkanes) is 2. The quantitative estimate of drug-likeness (QED) is 0.374. The molecule has 122 valence electrons. The maximum atomic E-state index is 11.7. The molecule has 0 unspecified atom stereocenters. The van der Waals surface area contributed by atoms with Gasteiger partial charge in [0.1, 0.15) is 0 Å². The van der Waals surface area contributed by atoms with Gasteiger partial charge in [-0.2, -0.15) is 0 Å². The monoisotopic (exact) mass is 323 g/mol. The number of esters is 1. The molecule has 0 N–H and O–H groups in total. The fourth-order valence-corrected chi connectivity index (χ4v) is 2.44. The zero-order valence-electron chi connectivity index (χ0n) is 13.4. The predicted octanol–water partition coefficient (Wildman–Crippen LogP) is 3.59. The molecule has 1 aromatic carbocycles. The van der Waals surface area contributed by atoms with Crippen molar-refractivity contribution in [3.05, 3.63) is 30.3 Å². The Bertz CT molecular complexity index is 450. The van der Waals surface area contributed by atoms with Gasteiger partial charge in [0.2, 0.25) is 0 Å². The van der Waals surface area contributed by atoms with Gasteiger partial charge in [-0.15, -0.1) is 0 Å². The molecule has 0 fully saturated rings. The molecule has 1 aromatic rings. The predicted molar refractivity (Wildman–Crippen MR) is 93.4 cm³/mol. The van der Waals surface area contributed by atoms with E-state index in [4.69, 9.17) is 21.7 Å². The molecule has 0 atom stereocenters. The molecule has 0 aliphatic carbocycles. The smallest absolute Gasteiger partial charge is 0.312 e. The summed E-state index contributed by atoms with van der Waals surface area (Å²) < 4.78 is 10.0. The van der Waals surface area contributed by atoms with Gasteiger partial charge < -0.3 is 14.4 Å². The lowest BCUT2D eigenvalue weighted by Gasteiger charge is -2.25. The van der Waals surface area contributed by atoms with E-state index in [-0.39, 0.29) is 12.4 Å². The third-order valence-corrected chi connectivity index (χ3v) is 3.56. The molecule has 0 aromatic heterocycles. The minimum atomic E-state index is -0.271. The first-order chi connectivity index (χ1) is 10.7. The van der Waals surface area contributed by atoms with Crippen molar-refractivity contribution in [3.63, 3.8) is 0 Å². The van der Waals surface area contributed by atoms with Crippen molar-refractivity contribution in [2.45, 2.75) is 32.6 Å². The summed E-state index contributed by atoms with van der Waals surface area (Å²) in [5.41, 5.74) is 1.02. The number of para-hydroxylation sites is 1.